The minimum Gasteiger partial charge on any atom is -0.388 e. The molecule has 8 nitrogen and oxygen atoms in total. The van der Waals surface area contributed by atoms with E-state index >= 15 is 0 Å². The zero-order valence-electron chi connectivity index (χ0n) is 14.5. The Labute approximate surface area is 142 Å². The van der Waals surface area contributed by atoms with Crippen molar-refractivity contribution in [1.29, 1.82) is 0 Å². The molecule has 0 unspecified atom stereocenters. The van der Waals surface area contributed by atoms with E-state index in [1.807, 2.05) is 31.7 Å². The molecule has 2 aromatic rings. The van der Waals surface area contributed by atoms with Gasteiger partial charge in [0.2, 0.25) is 5.95 Å². The van der Waals surface area contributed by atoms with E-state index in [0.717, 1.165) is 55.6 Å². The molecule has 0 amide bonds. The Morgan fingerprint density at radius 3 is 2.54 bits per heavy atom. The van der Waals surface area contributed by atoms with Gasteiger partial charge in [-0.25, -0.2) is 4.98 Å². The summed E-state index contributed by atoms with van der Waals surface area (Å²) in [7, 11) is 3.79. The first-order valence-corrected chi connectivity index (χ1v) is 8.37. The van der Waals surface area contributed by atoms with Gasteiger partial charge in [-0.05, 0) is 25.7 Å². The molecule has 0 bridgehead atoms. The van der Waals surface area contributed by atoms with Gasteiger partial charge in [-0.3, -0.25) is 0 Å². The molecule has 0 spiro atoms. The summed E-state index contributed by atoms with van der Waals surface area (Å²) in [6, 6.07) is 1.95. The predicted molar refractivity (Wildman–Crippen MR) is 91.9 cm³/mol. The highest BCUT2D eigenvalue weighted by Crippen LogP contribution is 2.24. The van der Waals surface area contributed by atoms with Gasteiger partial charge in [0, 0.05) is 45.4 Å². The Morgan fingerprint density at radius 1 is 1.21 bits per heavy atom. The summed E-state index contributed by atoms with van der Waals surface area (Å²) in [5, 5.41) is 20.5. The highest BCUT2D eigenvalue weighted by molar-refractivity contribution is 5.43. The number of aryl methyl sites for hydroxylation is 1. The number of aromatic nitrogens is 5. The summed E-state index contributed by atoms with van der Waals surface area (Å²) < 4.78 is 1.90. The van der Waals surface area contributed by atoms with Crippen molar-refractivity contribution in [2.24, 2.45) is 13.0 Å². The van der Waals surface area contributed by atoms with E-state index in [2.05, 4.69) is 30.4 Å². The Balaban J connectivity index is 1.61. The molecule has 1 fully saturated rings. The molecule has 2 N–H and O–H groups in total. The summed E-state index contributed by atoms with van der Waals surface area (Å²) in [6.45, 7) is 3.82. The first kappa shape index (κ1) is 16.6. The van der Waals surface area contributed by atoms with Gasteiger partial charge in [0.1, 0.15) is 18.2 Å². The van der Waals surface area contributed by atoms with Crippen LogP contribution in [-0.2, 0) is 20.1 Å². The van der Waals surface area contributed by atoms with Crippen molar-refractivity contribution in [2.75, 3.05) is 30.4 Å². The maximum Gasteiger partial charge on any atom is 0.227 e. The lowest BCUT2D eigenvalue weighted by Gasteiger charge is -2.32. The molecule has 0 atom stereocenters. The first-order valence-electron chi connectivity index (χ1n) is 8.37. The largest absolute Gasteiger partial charge is 0.388 e. The van der Waals surface area contributed by atoms with Crippen LogP contribution in [0, 0.1) is 12.8 Å². The van der Waals surface area contributed by atoms with Gasteiger partial charge in [-0.1, -0.05) is 0 Å². The molecule has 2 aromatic heterocycles. The average molecular weight is 331 g/mol. The van der Waals surface area contributed by atoms with E-state index in [4.69, 9.17) is 0 Å². The summed E-state index contributed by atoms with van der Waals surface area (Å²) >= 11 is 0. The van der Waals surface area contributed by atoms with Crippen molar-refractivity contribution in [3.05, 3.63) is 23.4 Å². The van der Waals surface area contributed by atoms with E-state index < -0.39 is 0 Å². The molecule has 0 aromatic carbocycles. The van der Waals surface area contributed by atoms with Gasteiger partial charge >= 0.3 is 0 Å². The number of hydrogen-bond donors (Lipinski definition) is 2. The number of hydrogen-bond acceptors (Lipinski definition) is 7. The van der Waals surface area contributed by atoms with E-state index in [9.17, 15) is 5.11 Å². The minimum absolute atomic E-state index is 0.0690. The second kappa shape index (κ2) is 7.12. The highest BCUT2D eigenvalue weighted by atomic mass is 16.3. The maximum atomic E-state index is 9.21. The Bertz CT molecular complexity index is 692. The number of piperidine rings is 1. The fourth-order valence-electron chi connectivity index (χ4n) is 3.13. The second-order valence-corrected chi connectivity index (χ2v) is 6.33. The van der Waals surface area contributed by atoms with Crippen LogP contribution in [0.1, 0.15) is 30.2 Å². The van der Waals surface area contributed by atoms with E-state index in [-0.39, 0.29) is 6.61 Å². The maximum absolute atomic E-state index is 9.21. The predicted octanol–water partition coefficient (Wildman–Crippen LogP) is 0.907. The van der Waals surface area contributed by atoms with Crippen LogP contribution in [0.2, 0.25) is 0 Å². The lowest BCUT2D eigenvalue weighted by molar-refractivity contribution is 0.266. The van der Waals surface area contributed by atoms with Crippen LogP contribution in [-0.4, -0.2) is 50.0 Å². The minimum atomic E-state index is -0.0690. The molecule has 8 heteroatoms. The third kappa shape index (κ3) is 3.48. The molecule has 3 heterocycles. The molecule has 3 rings (SSSR count). The van der Waals surface area contributed by atoms with Gasteiger partial charge in [-0.15, -0.1) is 10.2 Å². The molecule has 1 saturated heterocycles. The Morgan fingerprint density at radius 2 is 1.92 bits per heavy atom. The van der Waals surface area contributed by atoms with Crippen LogP contribution in [0.15, 0.2) is 6.07 Å². The number of anilines is 2. The van der Waals surface area contributed by atoms with Crippen LogP contribution >= 0.6 is 0 Å². The lowest BCUT2D eigenvalue weighted by Crippen LogP contribution is -2.36. The number of rotatable bonds is 5. The third-order valence-electron chi connectivity index (χ3n) is 4.66. The van der Waals surface area contributed by atoms with Crippen LogP contribution in [0.3, 0.4) is 0 Å². The summed E-state index contributed by atoms with van der Waals surface area (Å²) in [5.74, 6) is 3.80. The number of aliphatic hydroxyl groups excluding tert-OH is 1. The quantitative estimate of drug-likeness (QED) is 0.841. The number of nitrogens with zero attached hydrogens (tertiary/aromatic N) is 6. The van der Waals surface area contributed by atoms with Gasteiger partial charge in [0.05, 0.1) is 0 Å². The SMILES string of the molecule is CNc1cc(C)nc(N2CCC(Cc3nnc(CO)n3C)CC2)n1. The zero-order chi connectivity index (χ0) is 17.1. The highest BCUT2D eigenvalue weighted by Gasteiger charge is 2.23. The van der Waals surface area contributed by atoms with Gasteiger partial charge in [0.25, 0.3) is 0 Å². The summed E-state index contributed by atoms with van der Waals surface area (Å²) in [5.41, 5.74) is 0.974. The van der Waals surface area contributed by atoms with Crippen molar-refractivity contribution in [3.63, 3.8) is 0 Å². The standard InChI is InChI=1S/C16H25N7O/c1-11-8-13(17-2)19-16(18-11)23-6-4-12(5-7-23)9-14-20-21-15(10-24)22(14)3/h8,12,24H,4-7,9-10H2,1-3H3,(H,17,18,19). The van der Waals surface area contributed by atoms with Gasteiger partial charge < -0.3 is 19.9 Å². The average Bonchev–Trinajstić information content (AvgIpc) is 2.95. The fraction of sp³-hybridized carbons (Fsp3) is 0.625. The zero-order valence-corrected chi connectivity index (χ0v) is 14.5. The van der Waals surface area contributed by atoms with Gasteiger partial charge in [0.15, 0.2) is 5.82 Å². The van der Waals surface area contributed by atoms with Crippen LogP contribution in [0.25, 0.3) is 0 Å². The van der Waals surface area contributed by atoms with E-state index in [1.54, 1.807) is 0 Å². The molecule has 0 saturated carbocycles. The second-order valence-electron chi connectivity index (χ2n) is 6.33. The molecule has 0 aliphatic carbocycles. The third-order valence-corrected chi connectivity index (χ3v) is 4.66. The number of nitrogens with one attached hydrogen (secondary N) is 1. The normalized spacial score (nSPS) is 15.8. The Kier molecular flexibility index (Phi) is 4.94. The van der Waals surface area contributed by atoms with Crippen molar-refractivity contribution in [1.82, 2.24) is 24.7 Å². The van der Waals surface area contributed by atoms with Crippen molar-refractivity contribution >= 4 is 11.8 Å². The van der Waals surface area contributed by atoms with E-state index in [0.29, 0.717) is 11.7 Å². The van der Waals surface area contributed by atoms with Crippen LogP contribution in [0.5, 0.6) is 0 Å². The molecule has 0 radical (unpaired) electrons. The molecule has 24 heavy (non-hydrogen) atoms. The lowest BCUT2D eigenvalue weighted by atomic mass is 9.93. The van der Waals surface area contributed by atoms with Crippen LogP contribution in [0.4, 0.5) is 11.8 Å². The monoisotopic (exact) mass is 331 g/mol. The van der Waals surface area contributed by atoms with Gasteiger partial charge in [-0.2, -0.15) is 4.98 Å². The summed E-state index contributed by atoms with van der Waals surface area (Å²) in [4.78, 5) is 11.4. The molecular weight excluding hydrogens is 306 g/mol. The summed E-state index contributed by atoms with van der Waals surface area (Å²) in [6.07, 6.45) is 3.05. The van der Waals surface area contributed by atoms with Crippen molar-refractivity contribution < 1.29 is 5.11 Å². The Hall–Kier alpha value is -2.22. The van der Waals surface area contributed by atoms with Crippen molar-refractivity contribution in [3.8, 4) is 0 Å². The first-order chi connectivity index (χ1) is 11.6. The molecule has 1 aliphatic heterocycles. The molecule has 1 aliphatic rings. The fourth-order valence-corrected chi connectivity index (χ4v) is 3.13. The van der Waals surface area contributed by atoms with Crippen molar-refractivity contribution in [2.45, 2.75) is 32.8 Å². The number of aliphatic hydroxyl groups is 1. The van der Waals surface area contributed by atoms with Crippen LogP contribution < -0.4 is 10.2 Å². The molecular formula is C16H25N7O. The smallest absolute Gasteiger partial charge is 0.227 e. The molecule has 130 valence electrons. The van der Waals surface area contributed by atoms with E-state index in [1.165, 1.54) is 0 Å². The topological polar surface area (TPSA) is 92.0 Å².